The number of ether oxygens (including phenoxy) is 1. The van der Waals surface area contributed by atoms with E-state index < -0.39 is 0 Å². The highest BCUT2D eigenvalue weighted by molar-refractivity contribution is 9.11. The zero-order valence-electron chi connectivity index (χ0n) is 11.1. The smallest absolute Gasteiger partial charge is 0.148 e. The first-order valence-corrected chi connectivity index (χ1v) is 9.57. The maximum absolute atomic E-state index is 6.31. The first kappa shape index (κ1) is 15.8. The van der Waals surface area contributed by atoms with Crippen LogP contribution in [-0.4, -0.2) is 6.10 Å². The predicted molar refractivity (Wildman–Crippen MR) is 91.1 cm³/mol. The first-order valence-electron chi connectivity index (χ1n) is 6.86. The van der Waals surface area contributed by atoms with Crippen molar-refractivity contribution in [3.8, 4) is 5.75 Å². The summed E-state index contributed by atoms with van der Waals surface area (Å²) >= 11 is 10.8. The Labute approximate surface area is 140 Å². The second kappa shape index (κ2) is 7.46. The van der Waals surface area contributed by atoms with Gasteiger partial charge in [0, 0.05) is 5.33 Å². The summed E-state index contributed by atoms with van der Waals surface area (Å²) in [7, 11) is 0. The summed E-state index contributed by atoms with van der Waals surface area (Å²) in [6.07, 6.45) is 6.69. The molecule has 1 aliphatic rings. The standard InChI is InChI=1S/C15H19Br3O/c1-2-11-5-3-4-6-14(11)19-15-12(17)7-10(9-16)8-13(15)18/h7-8,11,14H,2-6,9H2,1H3. The first-order chi connectivity index (χ1) is 9.15. The van der Waals surface area contributed by atoms with Gasteiger partial charge in [0.05, 0.1) is 8.95 Å². The molecule has 19 heavy (non-hydrogen) atoms. The van der Waals surface area contributed by atoms with Gasteiger partial charge in [-0.25, -0.2) is 0 Å². The molecule has 2 rings (SSSR count). The van der Waals surface area contributed by atoms with Crippen molar-refractivity contribution in [2.24, 2.45) is 5.92 Å². The molecule has 1 aromatic rings. The van der Waals surface area contributed by atoms with Crippen LogP contribution in [0.4, 0.5) is 0 Å². The quantitative estimate of drug-likeness (QED) is 0.475. The molecular weight excluding hydrogens is 436 g/mol. The highest BCUT2D eigenvalue weighted by Crippen LogP contribution is 2.39. The molecule has 0 saturated heterocycles. The van der Waals surface area contributed by atoms with Crippen molar-refractivity contribution in [3.63, 3.8) is 0 Å². The minimum atomic E-state index is 0.362. The molecule has 1 fully saturated rings. The summed E-state index contributed by atoms with van der Waals surface area (Å²) in [5, 5.41) is 0.853. The van der Waals surface area contributed by atoms with Crippen LogP contribution in [0.25, 0.3) is 0 Å². The molecule has 1 aliphatic carbocycles. The zero-order valence-corrected chi connectivity index (χ0v) is 15.9. The minimum Gasteiger partial charge on any atom is -0.488 e. The van der Waals surface area contributed by atoms with Gasteiger partial charge in [0.2, 0.25) is 0 Å². The lowest BCUT2D eigenvalue weighted by Crippen LogP contribution is -2.30. The van der Waals surface area contributed by atoms with E-state index in [0.29, 0.717) is 12.0 Å². The lowest BCUT2D eigenvalue weighted by Gasteiger charge is -2.32. The summed E-state index contributed by atoms with van der Waals surface area (Å²) in [6.45, 7) is 2.27. The van der Waals surface area contributed by atoms with Crippen molar-refractivity contribution < 1.29 is 4.74 Å². The van der Waals surface area contributed by atoms with E-state index in [9.17, 15) is 0 Å². The van der Waals surface area contributed by atoms with Crippen molar-refractivity contribution in [2.75, 3.05) is 0 Å². The molecular formula is C15H19Br3O. The van der Waals surface area contributed by atoms with Crippen molar-refractivity contribution in [1.29, 1.82) is 0 Å². The summed E-state index contributed by atoms with van der Waals surface area (Å²) in [6, 6.07) is 4.25. The molecule has 1 nitrogen and oxygen atoms in total. The van der Waals surface area contributed by atoms with Crippen LogP contribution in [0, 0.1) is 5.92 Å². The van der Waals surface area contributed by atoms with Gasteiger partial charge in [-0.15, -0.1) is 0 Å². The maximum Gasteiger partial charge on any atom is 0.148 e. The number of rotatable bonds is 4. The van der Waals surface area contributed by atoms with E-state index in [1.807, 2.05) is 0 Å². The fourth-order valence-corrected chi connectivity index (χ4v) is 4.54. The largest absolute Gasteiger partial charge is 0.488 e. The van der Waals surface area contributed by atoms with Crippen LogP contribution < -0.4 is 4.74 Å². The zero-order chi connectivity index (χ0) is 13.8. The second-order valence-corrected chi connectivity index (χ2v) is 7.40. The lowest BCUT2D eigenvalue weighted by molar-refractivity contribution is 0.0889. The van der Waals surface area contributed by atoms with Gasteiger partial charge in [-0.2, -0.15) is 0 Å². The highest BCUT2D eigenvalue weighted by Gasteiger charge is 2.26. The van der Waals surface area contributed by atoms with E-state index >= 15 is 0 Å². The topological polar surface area (TPSA) is 9.23 Å². The van der Waals surface area contributed by atoms with E-state index in [1.54, 1.807) is 0 Å². The van der Waals surface area contributed by atoms with Gasteiger partial charge in [-0.3, -0.25) is 0 Å². The van der Waals surface area contributed by atoms with E-state index in [0.717, 1.165) is 20.0 Å². The molecule has 0 aliphatic heterocycles. The molecule has 106 valence electrons. The third kappa shape index (κ3) is 3.98. The van der Waals surface area contributed by atoms with Crippen molar-refractivity contribution >= 4 is 47.8 Å². The highest BCUT2D eigenvalue weighted by atomic mass is 79.9. The van der Waals surface area contributed by atoms with Gasteiger partial charge in [0.25, 0.3) is 0 Å². The molecule has 0 amide bonds. The van der Waals surface area contributed by atoms with Crippen molar-refractivity contribution in [2.45, 2.75) is 50.5 Å². The van der Waals surface area contributed by atoms with Gasteiger partial charge in [-0.1, -0.05) is 29.3 Å². The van der Waals surface area contributed by atoms with Gasteiger partial charge in [0.1, 0.15) is 11.9 Å². The summed E-state index contributed by atoms with van der Waals surface area (Å²) in [5.74, 6) is 1.65. The Morgan fingerprint density at radius 3 is 2.37 bits per heavy atom. The van der Waals surface area contributed by atoms with Crippen molar-refractivity contribution in [1.82, 2.24) is 0 Å². The Morgan fingerprint density at radius 1 is 1.16 bits per heavy atom. The van der Waals surface area contributed by atoms with Crippen LogP contribution in [0.1, 0.15) is 44.6 Å². The van der Waals surface area contributed by atoms with E-state index in [1.165, 1.54) is 37.7 Å². The van der Waals surface area contributed by atoms with E-state index in [2.05, 4.69) is 66.8 Å². The fourth-order valence-electron chi connectivity index (χ4n) is 2.75. The number of halogens is 3. The van der Waals surface area contributed by atoms with Crippen LogP contribution >= 0.6 is 47.8 Å². The molecule has 1 aromatic carbocycles. The lowest BCUT2D eigenvalue weighted by atomic mass is 9.85. The van der Waals surface area contributed by atoms with Gasteiger partial charge < -0.3 is 4.74 Å². The normalized spacial score (nSPS) is 23.4. The number of alkyl halides is 1. The van der Waals surface area contributed by atoms with Gasteiger partial charge in [0.15, 0.2) is 0 Å². The molecule has 2 atom stereocenters. The van der Waals surface area contributed by atoms with Crippen LogP contribution in [0.3, 0.4) is 0 Å². The number of benzene rings is 1. The Kier molecular flexibility index (Phi) is 6.22. The number of hydrogen-bond donors (Lipinski definition) is 0. The molecule has 1 saturated carbocycles. The molecule has 2 unspecified atom stereocenters. The summed E-state index contributed by atoms with van der Waals surface area (Å²) in [4.78, 5) is 0. The maximum atomic E-state index is 6.31. The average Bonchev–Trinajstić information content (AvgIpc) is 2.43. The van der Waals surface area contributed by atoms with E-state index in [-0.39, 0.29) is 0 Å². The van der Waals surface area contributed by atoms with Crippen LogP contribution in [0.2, 0.25) is 0 Å². The Morgan fingerprint density at radius 2 is 1.79 bits per heavy atom. The average molecular weight is 455 g/mol. The molecule has 4 heteroatoms. The second-order valence-electron chi connectivity index (χ2n) is 5.13. The summed E-state index contributed by atoms with van der Waals surface area (Å²) in [5.41, 5.74) is 1.24. The monoisotopic (exact) mass is 452 g/mol. The molecule has 0 spiro atoms. The Bertz CT molecular complexity index is 410. The molecule has 0 aromatic heterocycles. The molecule has 0 radical (unpaired) electrons. The van der Waals surface area contributed by atoms with Crippen LogP contribution in [-0.2, 0) is 5.33 Å². The van der Waals surface area contributed by atoms with Gasteiger partial charge >= 0.3 is 0 Å². The van der Waals surface area contributed by atoms with E-state index in [4.69, 9.17) is 4.74 Å². The molecule has 0 bridgehead atoms. The van der Waals surface area contributed by atoms with Crippen LogP contribution in [0.5, 0.6) is 5.75 Å². The SMILES string of the molecule is CCC1CCCCC1Oc1c(Br)cc(CBr)cc1Br. The predicted octanol–water partition coefficient (Wildman–Crippen LogP) is 6.45. The molecule has 0 heterocycles. The number of hydrogen-bond acceptors (Lipinski definition) is 1. The molecule has 0 N–H and O–H groups in total. The van der Waals surface area contributed by atoms with Crippen LogP contribution in [0.15, 0.2) is 21.1 Å². The Hall–Kier alpha value is 0.460. The summed E-state index contributed by atoms with van der Waals surface area (Å²) < 4.78 is 8.39. The third-order valence-electron chi connectivity index (χ3n) is 3.85. The van der Waals surface area contributed by atoms with Crippen molar-refractivity contribution in [3.05, 3.63) is 26.6 Å². The fraction of sp³-hybridized carbons (Fsp3) is 0.600. The Balaban J connectivity index is 2.18. The third-order valence-corrected chi connectivity index (χ3v) is 5.67. The van der Waals surface area contributed by atoms with Gasteiger partial charge in [-0.05, 0) is 81.2 Å². The minimum absolute atomic E-state index is 0.362.